The number of piperidine rings is 1. The number of nitrogens with zero attached hydrogens (tertiary/aromatic N) is 3. The molecular formula is C44H45N3O8. The number of Topliss-reactive ketones (excluding diaryl/α,β-unsaturated/α-hetero) is 2. The number of hydrogen-bond donors (Lipinski definition) is 0. The summed E-state index contributed by atoms with van der Waals surface area (Å²) in [5.74, 6) is -3.75. The smallest absolute Gasteiger partial charge is 0.354 e. The van der Waals surface area contributed by atoms with E-state index in [1.54, 1.807) is 13.8 Å². The maximum atomic E-state index is 14.0. The van der Waals surface area contributed by atoms with E-state index in [0.717, 1.165) is 70.3 Å². The second-order valence-corrected chi connectivity index (χ2v) is 14.3. The average molecular weight is 744 g/mol. The second kappa shape index (κ2) is 17.1. The summed E-state index contributed by atoms with van der Waals surface area (Å²) in [4.78, 5) is 70.5. The zero-order valence-electron chi connectivity index (χ0n) is 31.5. The molecule has 3 heterocycles. The summed E-state index contributed by atoms with van der Waals surface area (Å²) in [5.41, 5.74) is 2.93. The van der Waals surface area contributed by atoms with E-state index in [2.05, 4.69) is 70.5 Å². The average Bonchev–Trinajstić information content (AvgIpc) is 3.21. The van der Waals surface area contributed by atoms with Crippen LogP contribution < -0.4 is 9.47 Å². The minimum atomic E-state index is -1.06. The molecule has 0 spiro atoms. The number of aryl methyl sites for hydroxylation is 2. The Hall–Kier alpha value is -5.81. The number of aromatic nitrogens is 1. The number of pyridine rings is 1. The Morgan fingerprint density at radius 2 is 1.35 bits per heavy atom. The molecule has 284 valence electrons. The fourth-order valence-corrected chi connectivity index (χ4v) is 8.11. The van der Waals surface area contributed by atoms with Crippen LogP contribution in [0.1, 0.15) is 102 Å². The molecule has 0 atom stereocenters. The summed E-state index contributed by atoms with van der Waals surface area (Å²) in [5, 5.41) is 12.3. The van der Waals surface area contributed by atoms with Gasteiger partial charge in [-0.25, -0.2) is 9.59 Å². The molecule has 0 radical (unpaired) electrons. The summed E-state index contributed by atoms with van der Waals surface area (Å²) < 4.78 is 10.6. The number of likely N-dealkylation sites (tertiary alicyclic amines) is 1. The number of nitro benzene ring substituents is 1. The van der Waals surface area contributed by atoms with Crippen molar-refractivity contribution in [2.45, 2.75) is 77.6 Å². The number of ketones is 2. The van der Waals surface area contributed by atoms with Crippen LogP contribution >= 0.6 is 0 Å². The van der Waals surface area contributed by atoms with Gasteiger partial charge < -0.3 is 14.4 Å². The van der Waals surface area contributed by atoms with E-state index < -0.39 is 39.8 Å². The summed E-state index contributed by atoms with van der Waals surface area (Å²) >= 11 is 0. The molecule has 55 heavy (non-hydrogen) atoms. The highest BCUT2D eigenvalue weighted by atomic mass is 16.6. The van der Waals surface area contributed by atoms with Gasteiger partial charge in [-0.1, -0.05) is 79.9 Å². The summed E-state index contributed by atoms with van der Waals surface area (Å²) in [6.45, 7) is 7.66. The summed E-state index contributed by atoms with van der Waals surface area (Å²) in [6.07, 6.45) is 8.36. The van der Waals surface area contributed by atoms with Crippen LogP contribution in [-0.4, -0.2) is 57.9 Å². The molecule has 2 bridgehead atoms. The van der Waals surface area contributed by atoms with Gasteiger partial charge in [-0.2, -0.15) is 0 Å². The molecule has 0 saturated carbocycles. The number of unbranched alkanes of at least 4 members (excludes halogenated alkanes) is 4. The summed E-state index contributed by atoms with van der Waals surface area (Å²) in [6, 6.07) is 24.2. The van der Waals surface area contributed by atoms with Crippen LogP contribution in [0.25, 0.3) is 11.1 Å². The lowest BCUT2D eigenvalue weighted by Crippen LogP contribution is -2.43. The first-order chi connectivity index (χ1) is 26.5. The van der Waals surface area contributed by atoms with Crippen molar-refractivity contribution in [2.24, 2.45) is 0 Å². The van der Waals surface area contributed by atoms with E-state index in [-0.39, 0.29) is 39.9 Å². The molecule has 0 unspecified atom stereocenters. The van der Waals surface area contributed by atoms with Gasteiger partial charge in [0.05, 0.1) is 4.92 Å². The van der Waals surface area contributed by atoms with E-state index in [4.69, 9.17) is 9.47 Å². The fraction of sp³-hybridized carbons (Fsp3) is 0.341. The highest BCUT2D eigenvalue weighted by molar-refractivity contribution is 6.12. The molecule has 1 aromatic heterocycles. The molecule has 0 aliphatic carbocycles. The van der Waals surface area contributed by atoms with Gasteiger partial charge in [-0.05, 0) is 89.3 Å². The van der Waals surface area contributed by atoms with Crippen LogP contribution in [0.2, 0.25) is 0 Å². The highest BCUT2D eigenvalue weighted by Crippen LogP contribution is 2.48. The van der Waals surface area contributed by atoms with Gasteiger partial charge in [0.15, 0.2) is 11.6 Å². The zero-order valence-corrected chi connectivity index (χ0v) is 31.5. The number of nitro groups is 1. The number of rotatable bonds is 14. The molecule has 6 rings (SSSR count). The quantitative estimate of drug-likeness (QED) is 0.0308. The molecule has 2 aliphatic rings. The first-order valence-electron chi connectivity index (χ1n) is 18.8. The Kier molecular flexibility index (Phi) is 12.1. The van der Waals surface area contributed by atoms with Gasteiger partial charge >= 0.3 is 17.6 Å². The minimum absolute atomic E-state index is 0.0197. The van der Waals surface area contributed by atoms with E-state index in [1.807, 2.05) is 0 Å². The Bertz CT molecular complexity index is 2100. The zero-order chi connectivity index (χ0) is 39.1. The van der Waals surface area contributed by atoms with Gasteiger partial charge in [-0.15, -0.1) is 0 Å². The first-order valence-corrected chi connectivity index (χ1v) is 18.8. The van der Waals surface area contributed by atoms with Crippen LogP contribution in [0.3, 0.4) is 0 Å². The number of benzene rings is 3. The Morgan fingerprint density at radius 1 is 0.782 bits per heavy atom. The lowest BCUT2D eigenvalue weighted by molar-refractivity contribution is -0.386. The van der Waals surface area contributed by atoms with Crippen molar-refractivity contribution < 1.29 is 33.6 Å². The molecule has 4 aromatic rings. The maximum absolute atomic E-state index is 14.0. The number of esters is 2. The predicted octanol–water partition coefficient (Wildman–Crippen LogP) is 8.46. The monoisotopic (exact) mass is 743 g/mol. The first kappa shape index (κ1) is 38.9. The van der Waals surface area contributed by atoms with Crippen LogP contribution in [0, 0.1) is 24.0 Å². The predicted molar refractivity (Wildman–Crippen MR) is 208 cm³/mol. The molecular weight excluding hydrogens is 698 g/mol. The van der Waals surface area contributed by atoms with Gasteiger partial charge in [0.1, 0.15) is 0 Å². The van der Waals surface area contributed by atoms with Gasteiger partial charge in [0.2, 0.25) is 11.5 Å². The topological polar surface area (TPSA) is 146 Å². The largest absolute Gasteiger partial charge is 0.416 e. The number of carbonyl (C=O) groups excluding carboxylic acids is 4. The second-order valence-electron chi connectivity index (χ2n) is 14.3. The van der Waals surface area contributed by atoms with Crippen LogP contribution in [0.4, 0.5) is 5.69 Å². The third-order valence-electron chi connectivity index (χ3n) is 10.7. The van der Waals surface area contributed by atoms with Crippen molar-refractivity contribution in [1.82, 2.24) is 9.88 Å². The number of ether oxygens (including phenoxy) is 2. The fourth-order valence-electron chi connectivity index (χ4n) is 8.11. The third kappa shape index (κ3) is 8.47. The van der Waals surface area contributed by atoms with Crippen molar-refractivity contribution in [3.63, 3.8) is 0 Å². The molecule has 0 N–H and O–H groups in total. The van der Waals surface area contributed by atoms with Crippen molar-refractivity contribution in [3.05, 3.63) is 129 Å². The molecule has 1 saturated heterocycles. The SMILES string of the molecule is CC(=O)c1c(C)nc(C)c(C(=O)CCCCCCCN2CCC(c3ccccc3)(c3ccccc3)CC2)c1-c1ccc2c([N+](=O)[O-])c1OC(=O)/C=C/C(=O)O2. The van der Waals surface area contributed by atoms with Crippen LogP contribution in [0.15, 0.2) is 84.9 Å². The summed E-state index contributed by atoms with van der Waals surface area (Å²) in [7, 11) is 0. The molecule has 1 fully saturated rings. The molecule has 0 amide bonds. The van der Waals surface area contributed by atoms with Gasteiger partial charge in [0, 0.05) is 57.6 Å². The van der Waals surface area contributed by atoms with Crippen LogP contribution in [0.5, 0.6) is 11.5 Å². The Morgan fingerprint density at radius 3 is 1.95 bits per heavy atom. The highest BCUT2D eigenvalue weighted by Gasteiger charge is 2.38. The van der Waals surface area contributed by atoms with E-state index >= 15 is 0 Å². The lowest BCUT2D eigenvalue weighted by atomic mass is 9.68. The van der Waals surface area contributed by atoms with E-state index in [0.29, 0.717) is 17.8 Å². The number of fused-ring (bicyclic) bond motifs is 2. The van der Waals surface area contributed by atoms with Crippen molar-refractivity contribution in [2.75, 3.05) is 19.6 Å². The molecule has 2 aliphatic heterocycles. The third-order valence-corrected chi connectivity index (χ3v) is 10.7. The van der Waals surface area contributed by atoms with E-state index in [1.165, 1.54) is 30.2 Å². The van der Waals surface area contributed by atoms with E-state index in [9.17, 15) is 29.3 Å². The normalized spacial score (nSPS) is 15.9. The van der Waals surface area contributed by atoms with Crippen molar-refractivity contribution >= 4 is 29.2 Å². The minimum Gasteiger partial charge on any atom is -0.416 e. The lowest BCUT2D eigenvalue weighted by Gasteiger charge is -2.43. The Balaban J connectivity index is 1.11. The van der Waals surface area contributed by atoms with Crippen LogP contribution in [-0.2, 0) is 15.0 Å². The number of hydrogen-bond acceptors (Lipinski definition) is 10. The maximum Gasteiger partial charge on any atom is 0.354 e. The standard InChI is InChI=1S/C44H45N3O8/c1-29-39(31(3)48)41(34-20-21-36-42(47(52)53)43(34)55-38(51)23-22-37(50)54-36)40(30(2)45-29)35(49)19-13-5-4-6-14-26-46-27-24-44(25-28-46,32-15-9-7-10-16-32)33-17-11-8-12-18-33/h7-12,15-18,20-23H,4-6,13-14,19,24-28H2,1-3H3/b23-22+. The molecule has 11 heteroatoms. The molecule has 3 aromatic carbocycles. The number of carbonyl (C=O) groups is 4. The van der Waals surface area contributed by atoms with Crippen molar-refractivity contribution in [1.29, 1.82) is 0 Å². The Labute approximate surface area is 320 Å². The van der Waals surface area contributed by atoms with Gasteiger partial charge in [-0.3, -0.25) is 24.7 Å². The van der Waals surface area contributed by atoms with Gasteiger partial charge in [0.25, 0.3) is 0 Å². The molecule has 11 nitrogen and oxygen atoms in total. The van der Waals surface area contributed by atoms with Crippen molar-refractivity contribution in [3.8, 4) is 22.6 Å².